The van der Waals surface area contributed by atoms with Gasteiger partial charge in [-0.3, -0.25) is 5.10 Å². The van der Waals surface area contributed by atoms with Crippen molar-refractivity contribution in [2.75, 3.05) is 0 Å². The van der Waals surface area contributed by atoms with Gasteiger partial charge in [-0.2, -0.15) is 0 Å². The average molecular weight is 268 g/mol. The fourth-order valence-electron chi connectivity index (χ4n) is 1.15. The predicted molar refractivity (Wildman–Crippen MR) is 59.0 cm³/mol. The van der Waals surface area contributed by atoms with E-state index in [1.165, 1.54) is 0 Å². The Balaban J connectivity index is 1.81. The summed E-state index contributed by atoms with van der Waals surface area (Å²) in [6.07, 6.45) is 1.72. The highest BCUT2D eigenvalue weighted by Gasteiger charge is 1.97. The van der Waals surface area contributed by atoms with E-state index >= 15 is 0 Å². The number of benzene rings is 1. The highest BCUT2D eigenvalue weighted by molar-refractivity contribution is 9.10. The molecular weight excluding hydrogens is 258 g/mol. The summed E-state index contributed by atoms with van der Waals surface area (Å²) >= 11 is 3.38. The summed E-state index contributed by atoms with van der Waals surface area (Å²) in [5, 5.41) is 10.1. The van der Waals surface area contributed by atoms with Crippen LogP contribution in [0.2, 0.25) is 0 Å². The molecule has 2 aromatic rings. The van der Waals surface area contributed by atoms with Gasteiger partial charge in [-0.1, -0.05) is 33.3 Å². The van der Waals surface area contributed by atoms with Gasteiger partial charge in [0, 0.05) is 10.7 Å². The van der Waals surface area contributed by atoms with E-state index in [9.17, 15) is 0 Å². The van der Waals surface area contributed by atoms with Gasteiger partial charge in [-0.25, -0.2) is 0 Å². The molecule has 0 aliphatic rings. The number of rotatable bonds is 4. The van der Waals surface area contributed by atoms with Crippen LogP contribution in [0.4, 0.5) is 0 Å². The molecular formula is C10H10BrN3O. The molecule has 0 saturated heterocycles. The van der Waals surface area contributed by atoms with Crippen LogP contribution in [0.1, 0.15) is 11.3 Å². The molecule has 1 heterocycles. The van der Waals surface area contributed by atoms with Crippen LogP contribution >= 0.6 is 15.9 Å². The van der Waals surface area contributed by atoms with E-state index in [0.29, 0.717) is 13.2 Å². The van der Waals surface area contributed by atoms with Gasteiger partial charge in [0.1, 0.15) is 5.69 Å². The van der Waals surface area contributed by atoms with Gasteiger partial charge in [-0.15, -0.1) is 5.10 Å². The van der Waals surface area contributed by atoms with Gasteiger partial charge in [0.05, 0.1) is 13.2 Å². The third kappa shape index (κ3) is 3.14. The molecule has 2 rings (SSSR count). The quantitative estimate of drug-likeness (QED) is 0.925. The maximum Gasteiger partial charge on any atom is 0.108 e. The van der Waals surface area contributed by atoms with Crippen molar-refractivity contribution in [3.8, 4) is 0 Å². The Kier molecular flexibility index (Phi) is 3.47. The highest BCUT2D eigenvalue weighted by atomic mass is 79.9. The largest absolute Gasteiger partial charge is 0.370 e. The number of nitrogens with zero attached hydrogens (tertiary/aromatic N) is 2. The number of ether oxygens (including phenoxy) is 1. The summed E-state index contributed by atoms with van der Waals surface area (Å²) in [5.74, 6) is 0. The van der Waals surface area contributed by atoms with Crippen molar-refractivity contribution in [2.24, 2.45) is 0 Å². The van der Waals surface area contributed by atoms with Crippen molar-refractivity contribution in [3.63, 3.8) is 0 Å². The van der Waals surface area contributed by atoms with Crippen LogP contribution in [0.5, 0.6) is 0 Å². The first-order valence-corrected chi connectivity index (χ1v) is 5.31. The fourth-order valence-corrected chi connectivity index (χ4v) is 1.41. The molecule has 1 aromatic carbocycles. The number of hydrogen-bond acceptors (Lipinski definition) is 3. The standard InChI is InChI=1S/C10H10BrN3O/c11-9-3-1-8(2-4-9)6-15-7-10-5-12-14-13-10/h1-5H,6-7H2,(H,12,13,14). The van der Waals surface area contributed by atoms with Crippen LogP contribution in [-0.2, 0) is 18.0 Å². The van der Waals surface area contributed by atoms with Gasteiger partial charge >= 0.3 is 0 Å². The Morgan fingerprint density at radius 3 is 2.67 bits per heavy atom. The first kappa shape index (κ1) is 10.3. The second-order valence-electron chi connectivity index (χ2n) is 3.08. The van der Waals surface area contributed by atoms with Crippen LogP contribution in [-0.4, -0.2) is 15.4 Å². The summed E-state index contributed by atoms with van der Waals surface area (Å²) < 4.78 is 6.54. The van der Waals surface area contributed by atoms with E-state index in [0.717, 1.165) is 15.7 Å². The zero-order chi connectivity index (χ0) is 10.5. The molecule has 0 bridgehead atoms. The third-order valence-electron chi connectivity index (χ3n) is 1.90. The van der Waals surface area contributed by atoms with E-state index in [4.69, 9.17) is 4.74 Å². The lowest BCUT2D eigenvalue weighted by Crippen LogP contribution is -1.94. The second-order valence-corrected chi connectivity index (χ2v) is 4.00. The first-order valence-electron chi connectivity index (χ1n) is 4.52. The van der Waals surface area contributed by atoms with Gasteiger partial charge < -0.3 is 4.74 Å². The zero-order valence-electron chi connectivity index (χ0n) is 7.98. The van der Waals surface area contributed by atoms with Crippen molar-refractivity contribution in [1.29, 1.82) is 0 Å². The van der Waals surface area contributed by atoms with Crippen LogP contribution in [0.3, 0.4) is 0 Å². The number of nitrogens with one attached hydrogen (secondary N) is 1. The van der Waals surface area contributed by atoms with Gasteiger partial charge in [-0.05, 0) is 17.7 Å². The van der Waals surface area contributed by atoms with E-state index in [1.807, 2.05) is 24.3 Å². The molecule has 0 aliphatic heterocycles. The molecule has 0 radical (unpaired) electrons. The minimum absolute atomic E-state index is 0.479. The zero-order valence-corrected chi connectivity index (χ0v) is 9.57. The van der Waals surface area contributed by atoms with Gasteiger partial charge in [0.2, 0.25) is 0 Å². The molecule has 0 saturated carbocycles. The van der Waals surface area contributed by atoms with E-state index in [-0.39, 0.29) is 0 Å². The summed E-state index contributed by atoms with van der Waals surface area (Å²) in [5.41, 5.74) is 1.95. The normalized spacial score (nSPS) is 10.5. The lowest BCUT2D eigenvalue weighted by Gasteiger charge is -2.01. The molecule has 1 aromatic heterocycles. The minimum Gasteiger partial charge on any atom is -0.370 e. The smallest absolute Gasteiger partial charge is 0.108 e. The fraction of sp³-hybridized carbons (Fsp3) is 0.200. The maximum absolute atomic E-state index is 5.47. The molecule has 0 fully saturated rings. The monoisotopic (exact) mass is 267 g/mol. The van der Waals surface area contributed by atoms with Gasteiger partial charge in [0.15, 0.2) is 0 Å². The first-order chi connectivity index (χ1) is 7.34. The summed E-state index contributed by atoms with van der Waals surface area (Å²) in [6, 6.07) is 8.03. The van der Waals surface area contributed by atoms with E-state index < -0.39 is 0 Å². The topological polar surface area (TPSA) is 50.8 Å². The summed E-state index contributed by atoms with van der Waals surface area (Å²) in [4.78, 5) is 0. The van der Waals surface area contributed by atoms with E-state index in [1.54, 1.807) is 6.20 Å². The summed E-state index contributed by atoms with van der Waals surface area (Å²) in [7, 11) is 0. The molecule has 78 valence electrons. The van der Waals surface area contributed by atoms with Gasteiger partial charge in [0.25, 0.3) is 0 Å². The molecule has 0 aliphatic carbocycles. The molecule has 4 nitrogen and oxygen atoms in total. The number of halogens is 1. The number of aromatic nitrogens is 3. The molecule has 0 spiro atoms. The van der Waals surface area contributed by atoms with Crippen molar-refractivity contribution in [1.82, 2.24) is 15.4 Å². The van der Waals surface area contributed by atoms with Crippen molar-refractivity contribution in [3.05, 3.63) is 46.2 Å². The lowest BCUT2D eigenvalue weighted by atomic mass is 10.2. The highest BCUT2D eigenvalue weighted by Crippen LogP contribution is 2.11. The molecule has 0 amide bonds. The summed E-state index contributed by atoms with van der Waals surface area (Å²) in [6.45, 7) is 1.06. The van der Waals surface area contributed by atoms with Crippen LogP contribution in [0.15, 0.2) is 34.9 Å². The Morgan fingerprint density at radius 2 is 2.00 bits per heavy atom. The predicted octanol–water partition coefficient (Wildman–Crippen LogP) is 2.28. The molecule has 5 heteroatoms. The number of aromatic amines is 1. The average Bonchev–Trinajstić information content (AvgIpc) is 2.74. The molecule has 0 atom stereocenters. The Labute approximate surface area is 95.8 Å². The minimum atomic E-state index is 0.479. The second kappa shape index (κ2) is 5.04. The SMILES string of the molecule is Brc1ccc(COCc2c[nH]nn2)cc1. The molecule has 15 heavy (non-hydrogen) atoms. The third-order valence-corrected chi connectivity index (χ3v) is 2.43. The van der Waals surface area contributed by atoms with Crippen LogP contribution in [0, 0.1) is 0 Å². The lowest BCUT2D eigenvalue weighted by molar-refractivity contribution is 0.104. The molecule has 1 N–H and O–H groups in total. The Bertz CT molecular complexity index is 399. The number of H-pyrrole nitrogens is 1. The van der Waals surface area contributed by atoms with Crippen LogP contribution in [0.25, 0.3) is 0 Å². The Hall–Kier alpha value is -1.20. The maximum atomic E-state index is 5.47. The number of hydrogen-bond donors (Lipinski definition) is 1. The van der Waals surface area contributed by atoms with Crippen molar-refractivity contribution >= 4 is 15.9 Å². The van der Waals surface area contributed by atoms with Crippen LogP contribution < -0.4 is 0 Å². The Morgan fingerprint density at radius 1 is 1.20 bits per heavy atom. The van der Waals surface area contributed by atoms with Crippen molar-refractivity contribution < 1.29 is 4.74 Å². The molecule has 0 unspecified atom stereocenters. The van der Waals surface area contributed by atoms with Crippen molar-refractivity contribution in [2.45, 2.75) is 13.2 Å². The van der Waals surface area contributed by atoms with E-state index in [2.05, 4.69) is 31.3 Å².